The van der Waals surface area contributed by atoms with Crippen LogP contribution in [0.1, 0.15) is 31.4 Å². The van der Waals surface area contributed by atoms with Gasteiger partial charge in [-0.05, 0) is 36.6 Å². The first kappa shape index (κ1) is 19.2. The Morgan fingerprint density at radius 2 is 1.96 bits per heavy atom. The van der Waals surface area contributed by atoms with E-state index in [2.05, 4.69) is 16.2 Å². The molecule has 0 saturated carbocycles. The van der Waals surface area contributed by atoms with Crippen molar-refractivity contribution in [2.75, 3.05) is 13.7 Å². The highest BCUT2D eigenvalue weighted by molar-refractivity contribution is 6.09. The Kier molecular flexibility index (Phi) is 5.49. The summed E-state index contributed by atoms with van der Waals surface area (Å²) in [6.07, 6.45) is 0.313. The zero-order chi connectivity index (χ0) is 19.5. The van der Waals surface area contributed by atoms with Crippen LogP contribution in [0.25, 0.3) is 0 Å². The summed E-state index contributed by atoms with van der Waals surface area (Å²) in [6.45, 7) is 4.34. The molecule has 0 spiro atoms. The van der Waals surface area contributed by atoms with E-state index in [4.69, 9.17) is 4.74 Å². The third-order valence-electron chi connectivity index (χ3n) is 4.27. The van der Waals surface area contributed by atoms with E-state index in [-0.39, 0.29) is 0 Å². The maximum absolute atomic E-state index is 13.0. The van der Waals surface area contributed by atoms with Crippen LogP contribution in [0.3, 0.4) is 0 Å². The van der Waals surface area contributed by atoms with Crippen LogP contribution in [0.2, 0.25) is 0 Å². The molecule has 1 aliphatic heterocycles. The number of benzene rings is 1. The predicted octanol–water partition coefficient (Wildman–Crippen LogP) is 0.328. The first-order chi connectivity index (χ1) is 12.2. The summed E-state index contributed by atoms with van der Waals surface area (Å²) in [7, 11) is 1.55. The van der Waals surface area contributed by atoms with E-state index in [0.717, 1.165) is 10.5 Å². The van der Waals surface area contributed by atoms with Gasteiger partial charge in [-0.1, -0.05) is 13.0 Å². The summed E-state index contributed by atoms with van der Waals surface area (Å²) in [4.78, 5) is 48.8. The van der Waals surface area contributed by atoms with Crippen LogP contribution in [0.4, 0.5) is 4.79 Å². The maximum Gasteiger partial charge on any atom is 0.325 e. The van der Waals surface area contributed by atoms with Crippen molar-refractivity contribution in [2.24, 2.45) is 0 Å². The Labute approximate surface area is 151 Å². The topological polar surface area (TPSA) is 117 Å². The number of nitrogens with one attached hydrogen (secondary N) is 3. The minimum Gasteiger partial charge on any atom is -0.496 e. The molecule has 5 amide bonds. The molecule has 9 heteroatoms. The summed E-state index contributed by atoms with van der Waals surface area (Å²) in [5.74, 6) is -0.996. The van der Waals surface area contributed by atoms with Crippen LogP contribution < -0.4 is 20.9 Å². The lowest BCUT2D eigenvalue weighted by Crippen LogP contribution is -2.48. The summed E-state index contributed by atoms with van der Waals surface area (Å²) in [5, 5.41) is 2.70. The molecule has 1 heterocycles. The average Bonchev–Trinajstić information content (AvgIpc) is 2.85. The van der Waals surface area contributed by atoms with E-state index in [0.29, 0.717) is 17.7 Å². The zero-order valence-corrected chi connectivity index (χ0v) is 15.1. The van der Waals surface area contributed by atoms with Crippen LogP contribution in [0, 0.1) is 6.92 Å². The van der Waals surface area contributed by atoms with Crippen LogP contribution in [0.5, 0.6) is 5.75 Å². The molecule has 2 rings (SSSR count). The van der Waals surface area contributed by atoms with Gasteiger partial charge in [0.05, 0.1) is 7.11 Å². The molecular formula is C17H22N4O5. The number of ether oxygens (including phenoxy) is 1. The Hall–Kier alpha value is -3.10. The van der Waals surface area contributed by atoms with Crippen LogP contribution in [-0.2, 0) is 19.9 Å². The van der Waals surface area contributed by atoms with Crippen molar-refractivity contribution in [3.8, 4) is 5.75 Å². The van der Waals surface area contributed by atoms with Crippen molar-refractivity contribution in [1.29, 1.82) is 0 Å². The summed E-state index contributed by atoms with van der Waals surface area (Å²) in [5.41, 5.74) is 4.43. The lowest BCUT2D eigenvalue weighted by molar-refractivity contribution is -0.136. The molecule has 3 N–H and O–H groups in total. The van der Waals surface area contributed by atoms with E-state index >= 15 is 0 Å². The molecule has 1 aliphatic rings. The van der Waals surface area contributed by atoms with Crippen LogP contribution in [-0.4, -0.2) is 42.3 Å². The van der Waals surface area contributed by atoms with E-state index < -0.39 is 35.8 Å². The predicted molar refractivity (Wildman–Crippen MR) is 91.9 cm³/mol. The molecule has 9 nitrogen and oxygen atoms in total. The number of aryl methyl sites for hydroxylation is 1. The number of carbonyl (C=O) groups is 4. The highest BCUT2D eigenvalue weighted by Crippen LogP contribution is 2.34. The fourth-order valence-electron chi connectivity index (χ4n) is 2.89. The third kappa shape index (κ3) is 3.46. The number of hydrogen-bond donors (Lipinski definition) is 3. The van der Waals surface area contributed by atoms with Gasteiger partial charge in [-0.15, -0.1) is 0 Å². The van der Waals surface area contributed by atoms with Gasteiger partial charge in [0.25, 0.3) is 11.8 Å². The van der Waals surface area contributed by atoms with E-state index in [1.165, 1.54) is 6.92 Å². The van der Waals surface area contributed by atoms with E-state index in [9.17, 15) is 19.2 Å². The number of methoxy groups -OCH3 is 1. The number of hydrogen-bond acceptors (Lipinski definition) is 5. The van der Waals surface area contributed by atoms with Gasteiger partial charge in [-0.2, -0.15) is 0 Å². The molecule has 0 radical (unpaired) electrons. The fourth-order valence-corrected chi connectivity index (χ4v) is 2.89. The molecule has 0 aromatic heterocycles. The number of amides is 5. The van der Waals surface area contributed by atoms with Gasteiger partial charge in [0, 0.05) is 6.92 Å². The largest absolute Gasteiger partial charge is 0.496 e. The van der Waals surface area contributed by atoms with Crippen molar-refractivity contribution in [3.63, 3.8) is 0 Å². The summed E-state index contributed by atoms with van der Waals surface area (Å²) >= 11 is 0. The second kappa shape index (κ2) is 7.42. The standard InChI is InChI=1S/C17H22N4O5/c1-5-17(12-6-7-13(26-4)10(2)8-12)15(24)21(16(25)18-17)9-14(23)20-19-11(3)22/h6-8H,5,9H2,1-4H3,(H,18,25)(H,19,22)(H,20,23). The van der Waals surface area contributed by atoms with Crippen molar-refractivity contribution >= 4 is 23.8 Å². The minimum atomic E-state index is -1.25. The molecule has 0 aliphatic carbocycles. The van der Waals surface area contributed by atoms with Gasteiger partial charge in [0.1, 0.15) is 17.8 Å². The molecule has 1 saturated heterocycles. The second-order valence-corrected chi connectivity index (χ2v) is 5.99. The monoisotopic (exact) mass is 362 g/mol. The smallest absolute Gasteiger partial charge is 0.325 e. The number of hydrazine groups is 1. The lowest BCUT2D eigenvalue weighted by Gasteiger charge is -2.26. The Balaban J connectivity index is 2.27. The number of rotatable bonds is 5. The summed E-state index contributed by atoms with van der Waals surface area (Å²) in [6, 6.07) is 4.56. The van der Waals surface area contributed by atoms with E-state index in [1.54, 1.807) is 32.2 Å². The van der Waals surface area contributed by atoms with Gasteiger partial charge in [0.15, 0.2) is 0 Å². The number of nitrogens with zero attached hydrogens (tertiary/aromatic N) is 1. The zero-order valence-electron chi connectivity index (χ0n) is 15.1. The molecule has 1 unspecified atom stereocenters. The fraction of sp³-hybridized carbons (Fsp3) is 0.412. The maximum atomic E-state index is 13.0. The van der Waals surface area contributed by atoms with Gasteiger partial charge in [-0.25, -0.2) is 4.79 Å². The van der Waals surface area contributed by atoms with E-state index in [1.807, 2.05) is 6.92 Å². The van der Waals surface area contributed by atoms with Gasteiger partial charge in [0.2, 0.25) is 5.91 Å². The normalized spacial score (nSPS) is 19.2. The SMILES string of the molecule is CCC1(c2ccc(OC)c(C)c2)NC(=O)N(CC(=O)NNC(C)=O)C1=O. The molecule has 26 heavy (non-hydrogen) atoms. The minimum absolute atomic E-state index is 0.313. The van der Waals surface area contributed by atoms with Crippen molar-refractivity contribution in [1.82, 2.24) is 21.1 Å². The number of urea groups is 1. The Morgan fingerprint density at radius 1 is 1.27 bits per heavy atom. The average molecular weight is 362 g/mol. The number of imide groups is 1. The number of carbonyl (C=O) groups excluding carboxylic acids is 4. The quantitative estimate of drug-likeness (QED) is 0.515. The third-order valence-corrected chi connectivity index (χ3v) is 4.27. The molecule has 1 aromatic rings. The van der Waals surface area contributed by atoms with Crippen molar-refractivity contribution < 1.29 is 23.9 Å². The Bertz CT molecular complexity index is 764. The Morgan fingerprint density at radius 3 is 2.50 bits per heavy atom. The van der Waals surface area contributed by atoms with Crippen LogP contribution in [0.15, 0.2) is 18.2 Å². The van der Waals surface area contributed by atoms with Gasteiger partial charge in [-0.3, -0.25) is 30.1 Å². The van der Waals surface area contributed by atoms with Gasteiger partial charge >= 0.3 is 6.03 Å². The van der Waals surface area contributed by atoms with Crippen molar-refractivity contribution in [3.05, 3.63) is 29.3 Å². The molecular weight excluding hydrogens is 340 g/mol. The van der Waals surface area contributed by atoms with Crippen LogP contribution >= 0.6 is 0 Å². The van der Waals surface area contributed by atoms with Crippen molar-refractivity contribution in [2.45, 2.75) is 32.7 Å². The molecule has 0 bridgehead atoms. The molecule has 140 valence electrons. The molecule has 1 aromatic carbocycles. The summed E-state index contributed by atoms with van der Waals surface area (Å²) < 4.78 is 5.23. The first-order valence-electron chi connectivity index (χ1n) is 8.09. The van der Waals surface area contributed by atoms with Gasteiger partial charge < -0.3 is 10.1 Å². The second-order valence-electron chi connectivity index (χ2n) is 5.99. The molecule has 1 fully saturated rings. The lowest BCUT2D eigenvalue weighted by atomic mass is 9.86. The molecule has 1 atom stereocenters. The highest BCUT2D eigenvalue weighted by atomic mass is 16.5. The first-order valence-corrected chi connectivity index (χ1v) is 8.09. The highest BCUT2D eigenvalue weighted by Gasteiger charge is 2.51.